The number of nitrogens with zero attached hydrogens (tertiary/aromatic N) is 1. The third-order valence-electron chi connectivity index (χ3n) is 4.10. The van der Waals surface area contributed by atoms with Crippen molar-refractivity contribution in [2.45, 2.75) is 34.2 Å². The summed E-state index contributed by atoms with van der Waals surface area (Å²) in [7, 11) is 0. The van der Waals surface area contributed by atoms with Crippen LogP contribution in [0.2, 0.25) is 0 Å². The largest absolute Gasteiger partial charge is 0.351 e. The monoisotopic (exact) mass is 325 g/mol. The Kier molecular flexibility index (Phi) is 5.34. The lowest BCUT2D eigenvalue weighted by molar-refractivity contribution is -0.138. The maximum atomic E-state index is 12.5. The molecule has 0 bridgehead atoms. The second-order valence-electron chi connectivity index (χ2n) is 6.42. The van der Waals surface area contributed by atoms with Crippen LogP contribution in [0.3, 0.4) is 0 Å². The average molecular weight is 325 g/mol. The molecule has 5 nitrogen and oxygen atoms in total. The molecule has 0 atom stereocenters. The summed E-state index contributed by atoms with van der Waals surface area (Å²) in [6.45, 7) is 7.59. The lowest BCUT2D eigenvalue weighted by atomic mass is 9.90. The highest BCUT2D eigenvalue weighted by molar-refractivity contribution is 6.09. The average Bonchev–Trinajstić information content (AvgIpc) is 2.56. The number of nitrogens with one attached hydrogen (secondary N) is 2. The quantitative estimate of drug-likeness (QED) is 0.830. The number of amides is 2. The SMILES string of the molecule is Cc1ccc(NC(=O)C(C)(C)C(=O)NCc2ccncc2)cc1C. The van der Waals surface area contributed by atoms with Gasteiger partial charge in [0, 0.05) is 24.6 Å². The van der Waals surface area contributed by atoms with Crippen LogP contribution in [0.25, 0.3) is 0 Å². The van der Waals surface area contributed by atoms with Gasteiger partial charge >= 0.3 is 0 Å². The molecule has 1 aromatic carbocycles. The molecule has 0 radical (unpaired) electrons. The zero-order valence-electron chi connectivity index (χ0n) is 14.5. The van der Waals surface area contributed by atoms with Crippen molar-refractivity contribution in [2.75, 3.05) is 5.32 Å². The van der Waals surface area contributed by atoms with Crippen molar-refractivity contribution in [3.05, 3.63) is 59.4 Å². The maximum absolute atomic E-state index is 12.5. The predicted octanol–water partition coefficient (Wildman–Crippen LogP) is 2.98. The van der Waals surface area contributed by atoms with E-state index in [2.05, 4.69) is 15.6 Å². The highest BCUT2D eigenvalue weighted by Gasteiger charge is 2.35. The summed E-state index contributed by atoms with van der Waals surface area (Å²) in [5, 5.41) is 5.62. The highest BCUT2D eigenvalue weighted by Crippen LogP contribution is 2.21. The number of hydrogen-bond acceptors (Lipinski definition) is 3. The molecule has 1 heterocycles. The molecule has 5 heteroatoms. The Hall–Kier alpha value is -2.69. The van der Waals surface area contributed by atoms with Gasteiger partial charge in [0.25, 0.3) is 0 Å². The molecule has 1 aromatic heterocycles. The molecule has 24 heavy (non-hydrogen) atoms. The molecule has 126 valence electrons. The van der Waals surface area contributed by atoms with Gasteiger partial charge in [0.1, 0.15) is 5.41 Å². The lowest BCUT2D eigenvalue weighted by Crippen LogP contribution is -2.44. The number of carbonyl (C=O) groups excluding carboxylic acids is 2. The minimum atomic E-state index is -1.17. The van der Waals surface area contributed by atoms with Gasteiger partial charge in [-0.05, 0) is 68.7 Å². The van der Waals surface area contributed by atoms with Crippen LogP contribution in [-0.4, -0.2) is 16.8 Å². The fourth-order valence-electron chi connectivity index (χ4n) is 2.11. The molecule has 0 saturated carbocycles. The third kappa shape index (κ3) is 4.19. The Morgan fingerprint density at radius 3 is 2.29 bits per heavy atom. The van der Waals surface area contributed by atoms with Crippen LogP contribution >= 0.6 is 0 Å². The van der Waals surface area contributed by atoms with Gasteiger partial charge in [0.05, 0.1) is 0 Å². The van der Waals surface area contributed by atoms with Crippen molar-refractivity contribution in [3.8, 4) is 0 Å². The number of pyridine rings is 1. The van der Waals surface area contributed by atoms with Crippen molar-refractivity contribution < 1.29 is 9.59 Å². The van der Waals surface area contributed by atoms with E-state index in [0.29, 0.717) is 12.2 Å². The Labute approximate surface area is 142 Å². The molecular formula is C19H23N3O2. The van der Waals surface area contributed by atoms with Crippen LogP contribution in [0, 0.1) is 19.3 Å². The van der Waals surface area contributed by atoms with Crippen molar-refractivity contribution in [1.82, 2.24) is 10.3 Å². The normalized spacial score (nSPS) is 11.0. The molecule has 2 aromatic rings. The second-order valence-corrected chi connectivity index (χ2v) is 6.42. The van der Waals surface area contributed by atoms with Crippen LogP contribution < -0.4 is 10.6 Å². The van der Waals surface area contributed by atoms with E-state index in [-0.39, 0.29) is 11.8 Å². The predicted molar refractivity (Wildman–Crippen MR) is 94.4 cm³/mol. The van der Waals surface area contributed by atoms with Gasteiger partial charge in [-0.15, -0.1) is 0 Å². The molecule has 2 N–H and O–H groups in total. The molecular weight excluding hydrogens is 302 g/mol. The molecule has 0 aliphatic heterocycles. The van der Waals surface area contributed by atoms with Crippen molar-refractivity contribution in [3.63, 3.8) is 0 Å². The maximum Gasteiger partial charge on any atom is 0.239 e. The first-order chi connectivity index (χ1) is 11.3. The van der Waals surface area contributed by atoms with E-state index in [9.17, 15) is 9.59 Å². The molecule has 0 fully saturated rings. The summed E-state index contributed by atoms with van der Waals surface area (Å²) < 4.78 is 0. The number of anilines is 1. The van der Waals surface area contributed by atoms with Crippen LogP contribution in [0.15, 0.2) is 42.7 Å². The number of carbonyl (C=O) groups is 2. The lowest BCUT2D eigenvalue weighted by Gasteiger charge is -2.23. The van der Waals surface area contributed by atoms with Crippen LogP contribution in [0.4, 0.5) is 5.69 Å². The summed E-state index contributed by atoms with van der Waals surface area (Å²) in [6.07, 6.45) is 3.33. The first kappa shape index (κ1) is 17.7. The highest BCUT2D eigenvalue weighted by atomic mass is 16.2. The minimum Gasteiger partial charge on any atom is -0.351 e. The second kappa shape index (κ2) is 7.25. The molecule has 2 rings (SSSR count). The topological polar surface area (TPSA) is 71.1 Å². The van der Waals surface area contributed by atoms with Crippen LogP contribution in [0.1, 0.15) is 30.5 Å². The van der Waals surface area contributed by atoms with Crippen molar-refractivity contribution in [2.24, 2.45) is 5.41 Å². The third-order valence-corrected chi connectivity index (χ3v) is 4.10. The van der Waals surface area contributed by atoms with Crippen molar-refractivity contribution in [1.29, 1.82) is 0 Å². The van der Waals surface area contributed by atoms with E-state index in [4.69, 9.17) is 0 Å². The van der Waals surface area contributed by atoms with E-state index in [1.54, 1.807) is 26.2 Å². The standard InChI is InChI=1S/C19H23N3O2/c1-13-5-6-16(11-14(13)2)22-18(24)19(3,4)17(23)21-12-15-7-9-20-10-8-15/h5-11H,12H2,1-4H3,(H,21,23)(H,22,24). The Morgan fingerprint density at radius 1 is 1.00 bits per heavy atom. The van der Waals surface area contributed by atoms with Gasteiger partial charge in [0.2, 0.25) is 11.8 Å². The fraction of sp³-hybridized carbons (Fsp3) is 0.316. The molecule has 0 aliphatic carbocycles. The summed E-state index contributed by atoms with van der Waals surface area (Å²) in [5.74, 6) is -0.654. The van der Waals surface area contributed by atoms with Crippen LogP contribution in [0.5, 0.6) is 0 Å². The number of benzene rings is 1. The summed E-state index contributed by atoms with van der Waals surface area (Å²) >= 11 is 0. The number of hydrogen-bond donors (Lipinski definition) is 2. The van der Waals surface area contributed by atoms with Gasteiger partial charge in [0.15, 0.2) is 0 Å². The summed E-state index contributed by atoms with van der Waals surface area (Å²) in [6, 6.07) is 9.33. The molecule has 0 spiro atoms. The molecule has 0 aliphatic rings. The van der Waals surface area contributed by atoms with Crippen LogP contribution in [-0.2, 0) is 16.1 Å². The van der Waals surface area contributed by atoms with Gasteiger partial charge in [-0.2, -0.15) is 0 Å². The Bertz CT molecular complexity index is 740. The van der Waals surface area contributed by atoms with E-state index >= 15 is 0 Å². The first-order valence-electron chi connectivity index (χ1n) is 7.86. The van der Waals surface area contributed by atoms with Gasteiger partial charge in [-0.3, -0.25) is 14.6 Å². The van der Waals surface area contributed by atoms with E-state index in [0.717, 1.165) is 16.7 Å². The molecule has 2 amide bonds. The van der Waals surface area contributed by atoms with Gasteiger partial charge in [-0.1, -0.05) is 6.07 Å². The van der Waals surface area contributed by atoms with Gasteiger partial charge < -0.3 is 10.6 Å². The first-order valence-corrected chi connectivity index (χ1v) is 7.86. The smallest absolute Gasteiger partial charge is 0.239 e. The number of aryl methyl sites for hydroxylation is 2. The summed E-state index contributed by atoms with van der Waals surface area (Å²) in [4.78, 5) is 28.8. The van der Waals surface area contributed by atoms with E-state index in [1.807, 2.05) is 44.2 Å². The summed E-state index contributed by atoms with van der Waals surface area (Å²) in [5.41, 5.74) is 2.70. The Morgan fingerprint density at radius 2 is 1.67 bits per heavy atom. The fourth-order valence-corrected chi connectivity index (χ4v) is 2.11. The number of aromatic nitrogens is 1. The zero-order valence-corrected chi connectivity index (χ0v) is 14.5. The van der Waals surface area contributed by atoms with Gasteiger partial charge in [-0.25, -0.2) is 0 Å². The number of rotatable bonds is 5. The van der Waals surface area contributed by atoms with E-state index < -0.39 is 5.41 Å². The minimum absolute atomic E-state index is 0.319. The molecule has 0 unspecified atom stereocenters. The molecule has 0 saturated heterocycles. The van der Waals surface area contributed by atoms with Crippen molar-refractivity contribution >= 4 is 17.5 Å². The Balaban J connectivity index is 2.00. The zero-order chi connectivity index (χ0) is 17.7. The van der Waals surface area contributed by atoms with E-state index in [1.165, 1.54) is 0 Å².